The van der Waals surface area contributed by atoms with Crippen LogP contribution < -0.4 is 21.3 Å². The number of hydrogen-bond acceptors (Lipinski definition) is 8. The number of nitrogens with one attached hydrogen (secondary N) is 4. The van der Waals surface area contributed by atoms with E-state index < -0.39 is 52.8 Å². The number of fused-ring (bicyclic) bond motifs is 4. The molecule has 2 aromatic carbocycles. The van der Waals surface area contributed by atoms with Crippen molar-refractivity contribution >= 4 is 29.5 Å². The van der Waals surface area contributed by atoms with Gasteiger partial charge in [-0.15, -0.1) is 5.10 Å². The Morgan fingerprint density at radius 3 is 2.33 bits per heavy atom. The van der Waals surface area contributed by atoms with E-state index in [1.807, 2.05) is 75.4 Å². The number of carbonyl (C=O) groups excluding carboxylic acids is 5. The SMILES string of the molecule is CC(=O)NC[C@H]1CCCNC(=O)[C@@H](Cc2ccc(-c3ccccc3)cc2)NC(=O)[C@@H]2C[C@@H](O)CN2C(=O)C(C(C)(C)C)n2cc(nn2)C2(CC2)CNC1=O. The fourth-order valence-corrected chi connectivity index (χ4v) is 7.52. The summed E-state index contributed by atoms with van der Waals surface area (Å²) in [6, 6.07) is 14.8. The zero-order valence-electron chi connectivity index (χ0n) is 31.5. The maximum atomic E-state index is 14.5. The van der Waals surface area contributed by atoms with Gasteiger partial charge < -0.3 is 31.3 Å². The van der Waals surface area contributed by atoms with E-state index in [0.29, 0.717) is 25.1 Å². The molecule has 54 heavy (non-hydrogen) atoms. The van der Waals surface area contributed by atoms with Gasteiger partial charge in [-0.2, -0.15) is 0 Å². The number of nitrogens with zero attached hydrogens (tertiary/aromatic N) is 4. The van der Waals surface area contributed by atoms with E-state index in [0.717, 1.165) is 29.5 Å². The van der Waals surface area contributed by atoms with Crippen molar-refractivity contribution in [3.8, 4) is 11.1 Å². The third kappa shape index (κ3) is 8.98. The van der Waals surface area contributed by atoms with Crippen LogP contribution in [0.15, 0.2) is 60.8 Å². The molecule has 1 spiro atoms. The summed E-state index contributed by atoms with van der Waals surface area (Å²) in [6.45, 7) is 7.77. The van der Waals surface area contributed by atoms with Crippen LogP contribution in [0.5, 0.6) is 0 Å². The van der Waals surface area contributed by atoms with Crippen LogP contribution in [0.2, 0.25) is 0 Å². The maximum Gasteiger partial charge on any atom is 0.248 e. The van der Waals surface area contributed by atoms with Crippen LogP contribution in [-0.4, -0.2) is 98.9 Å². The summed E-state index contributed by atoms with van der Waals surface area (Å²) in [6.07, 6.45) is 3.43. The summed E-state index contributed by atoms with van der Waals surface area (Å²) in [4.78, 5) is 69.1. The topological polar surface area (TPSA) is 188 Å². The fourth-order valence-electron chi connectivity index (χ4n) is 7.52. The molecule has 288 valence electrons. The van der Waals surface area contributed by atoms with Crippen molar-refractivity contribution in [2.75, 3.05) is 26.2 Å². The van der Waals surface area contributed by atoms with E-state index in [-0.39, 0.29) is 50.2 Å². The molecule has 1 unspecified atom stereocenters. The molecule has 2 fully saturated rings. The zero-order chi connectivity index (χ0) is 38.6. The van der Waals surface area contributed by atoms with Crippen molar-refractivity contribution < 1.29 is 29.1 Å². The number of aromatic nitrogens is 3. The number of carbonyl (C=O) groups is 5. The summed E-state index contributed by atoms with van der Waals surface area (Å²) in [5, 5.41) is 31.4. The second kappa shape index (κ2) is 16.1. The first-order valence-electron chi connectivity index (χ1n) is 18.9. The van der Waals surface area contributed by atoms with Crippen LogP contribution in [0.3, 0.4) is 0 Å². The molecule has 3 heterocycles. The normalized spacial score (nSPS) is 25.3. The predicted octanol–water partition coefficient (Wildman–Crippen LogP) is 2.03. The monoisotopic (exact) mass is 740 g/mol. The van der Waals surface area contributed by atoms with Crippen LogP contribution in [0.4, 0.5) is 0 Å². The van der Waals surface area contributed by atoms with Gasteiger partial charge in [0.15, 0.2) is 0 Å². The van der Waals surface area contributed by atoms with Gasteiger partial charge >= 0.3 is 0 Å². The maximum absolute atomic E-state index is 14.5. The summed E-state index contributed by atoms with van der Waals surface area (Å²) in [5.74, 6) is -2.34. The van der Waals surface area contributed by atoms with Crippen molar-refractivity contribution in [3.63, 3.8) is 0 Å². The minimum atomic E-state index is -1.01. The average molecular weight is 741 g/mol. The molecule has 2 bridgehead atoms. The number of amides is 5. The molecule has 3 aromatic rings. The highest BCUT2D eigenvalue weighted by Gasteiger charge is 2.49. The summed E-state index contributed by atoms with van der Waals surface area (Å²) in [7, 11) is 0. The van der Waals surface area contributed by atoms with E-state index >= 15 is 0 Å². The van der Waals surface area contributed by atoms with Gasteiger partial charge in [0.2, 0.25) is 29.5 Å². The molecule has 5 amide bonds. The quantitative estimate of drug-likeness (QED) is 0.263. The van der Waals surface area contributed by atoms with Crippen LogP contribution in [0.25, 0.3) is 11.1 Å². The molecule has 2 aliphatic heterocycles. The highest BCUT2D eigenvalue weighted by molar-refractivity contribution is 5.93. The zero-order valence-corrected chi connectivity index (χ0v) is 31.5. The van der Waals surface area contributed by atoms with Gasteiger partial charge in [0, 0.05) is 51.4 Å². The number of aliphatic hydroxyl groups excluding tert-OH is 1. The Kier molecular flexibility index (Phi) is 11.5. The Morgan fingerprint density at radius 1 is 0.963 bits per heavy atom. The number of rotatable bonds is 5. The Morgan fingerprint density at radius 2 is 1.67 bits per heavy atom. The minimum Gasteiger partial charge on any atom is -0.391 e. The van der Waals surface area contributed by atoms with Crippen LogP contribution in [0.1, 0.15) is 77.1 Å². The van der Waals surface area contributed by atoms with E-state index in [9.17, 15) is 29.1 Å². The van der Waals surface area contributed by atoms with Crippen LogP contribution in [-0.2, 0) is 35.8 Å². The van der Waals surface area contributed by atoms with Crippen molar-refractivity contribution in [2.24, 2.45) is 11.3 Å². The Hall–Kier alpha value is -5.11. The smallest absolute Gasteiger partial charge is 0.248 e. The highest BCUT2D eigenvalue weighted by Crippen LogP contribution is 2.47. The van der Waals surface area contributed by atoms with Crippen LogP contribution in [0, 0.1) is 11.3 Å². The van der Waals surface area contributed by atoms with Gasteiger partial charge in [0.25, 0.3) is 0 Å². The van der Waals surface area contributed by atoms with E-state index in [1.54, 1.807) is 6.20 Å². The lowest BCUT2D eigenvalue weighted by atomic mass is 9.85. The van der Waals surface area contributed by atoms with Crippen molar-refractivity contribution in [2.45, 2.75) is 95.9 Å². The molecule has 5 atom stereocenters. The lowest BCUT2D eigenvalue weighted by Crippen LogP contribution is -2.55. The minimum absolute atomic E-state index is 0.0235. The first-order valence-corrected chi connectivity index (χ1v) is 18.9. The van der Waals surface area contributed by atoms with Crippen molar-refractivity contribution in [1.29, 1.82) is 0 Å². The predicted molar refractivity (Wildman–Crippen MR) is 200 cm³/mol. The van der Waals surface area contributed by atoms with Crippen LogP contribution >= 0.6 is 0 Å². The molecule has 1 saturated carbocycles. The van der Waals surface area contributed by atoms with Gasteiger partial charge in [-0.3, -0.25) is 24.0 Å². The Balaban J connectivity index is 1.30. The summed E-state index contributed by atoms with van der Waals surface area (Å²) < 4.78 is 1.53. The van der Waals surface area contributed by atoms with Gasteiger partial charge in [-0.05, 0) is 47.8 Å². The van der Waals surface area contributed by atoms with Crippen molar-refractivity contribution in [3.05, 3.63) is 72.1 Å². The Bertz CT molecular complexity index is 1830. The largest absolute Gasteiger partial charge is 0.391 e. The summed E-state index contributed by atoms with van der Waals surface area (Å²) >= 11 is 0. The number of benzene rings is 2. The molecule has 14 heteroatoms. The first kappa shape index (κ1) is 38.6. The standard InChI is InChI=1S/C40H52N8O6/c1-25(49)42-21-29-11-8-18-41-36(52)31(19-26-12-14-28(15-13-26)27-9-6-5-7-10-27)44-37(53)32-20-30(50)22-47(32)38(54)34(39(2,3)4)48-23-33(45-46-48)40(16-17-40)24-43-35(29)51/h5-7,9-10,12-15,23,29-32,34,50H,8,11,16-22,24H2,1-4H3,(H,41,52)(H,42,49)(H,43,51)(H,44,53)/t29-,30-,31-,32+,34?/m1/s1. The third-order valence-corrected chi connectivity index (χ3v) is 10.8. The fraction of sp³-hybridized carbons (Fsp3) is 0.525. The molecule has 6 rings (SSSR count). The third-order valence-electron chi connectivity index (χ3n) is 10.8. The van der Waals surface area contributed by atoms with Gasteiger partial charge in [0.05, 0.1) is 23.9 Å². The van der Waals surface area contributed by atoms with E-state index in [1.165, 1.54) is 16.5 Å². The number of aliphatic hydroxyl groups is 1. The Labute approximate surface area is 315 Å². The second-order valence-electron chi connectivity index (χ2n) is 16.1. The summed E-state index contributed by atoms with van der Waals surface area (Å²) in [5.41, 5.74) is 2.45. The molecule has 1 saturated heterocycles. The van der Waals surface area contributed by atoms with Gasteiger partial charge in [0.1, 0.15) is 18.1 Å². The average Bonchev–Trinajstić information content (AvgIpc) is 3.58. The number of hydrogen-bond donors (Lipinski definition) is 5. The molecular formula is C40H52N8O6. The molecule has 14 nitrogen and oxygen atoms in total. The van der Waals surface area contributed by atoms with Gasteiger partial charge in [-0.25, -0.2) is 4.68 Å². The van der Waals surface area contributed by atoms with E-state index in [2.05, 4.69) is 31.6 Å². The second-order valence-corrected chi connectivity index (χ2v) is 16.1. The molecule has 5 N–H and O–H groups in total. The molecule has 1 aromatic heterocycles. The highest BCUT2D eigenvalue weighted by atomic mass is 16.3. The molecular weight excluding hydrogens is 688 g/mol. The van der Waals surface area contributed by atoms with E-state index in [4.69, 9.17) is 0 Å². The van der Waals surface area contributed by atoms with Gasteiger partial charge in [-0.1, -0.05) is 80.6 Å². The molecule has 0 radical (unpaired) electrons. The lowest BCUT2D eigenvalue weighted by molar-refractivity contribution is -0.144. The first-order chi connectivity index (χ1) is 25.7. The lowest BCUT2D eigenvalue weighted by Gasteiger charge is -2.35. The molecule has 3 aliphatic rings. The molecule has 1 aliphatic carbocycles. The van der Waals surface area contributed by atoms with Crippen molar-refractivity contribution in [1.82, 2.24) is 41.2 Å².